The van der Waals surface area contributed by atoms with Crippen molar-refractivity contribution in [1.82, 2.24) is 0 Å². The van der Waals surface area contributed by atoms with E-state index in [1.807, 2.05) is 48.5 Å². The lowest BCUT2D eigenvalue weighted by molar-refractivity contribution is -0.144. The Balaban J connectivity index is 1.53. The Hall–Kier alpha value is -2.98. The van der Waals surface area contributed by atoms with Crippen LogP contribution in [0.25, 0.3) is 0 Å². The minimum absolute atomic E-state index is 0.0649. The topological polar surface area (TPSA) is 111 Å². The third-order valence-electron chi connectivity index (χ3n) is 6.14. The third kappa shape index (κ3) is 16.5. The van der Waals surface area contributed by atoms with Crippen LogP contribution in [0, 0.1) is 0 Å². The first-order chi connectivity index (χ1) is 20.4. The number of esters is 2. The summed E-state index contributed by atoms with van der Waals surface area (Å²) in [5.41, 5.74) is 3.48. The van der Waals surface area contributed by atoms with Crippen LogP contribution in [0.5, 0.6) is 0 Å². The summed E-state index contributed by atoms with van der Waals surface area (Å²) in [7, 11) is 3.14. The van der Waals surface area contributed by atoms with Gasteiger partial charge < -0.3 is 20.1 Å². The zero-order valence-electron chi connectivity index (χ0n) is 24.8. The van der Waals surface area contributed by atoms with E-state index in [2.05, 4.69) is 24.5 Å². The SMILES string of the molecule is CCCCOC(=O)CCc1ccc(NC(=O)CCSSCCC(=O)Nc2ccc(CCC(=O)OCCCC)cc2)cc1. The van der Waals surface area contributed by atoms with Crippen LogP contribution in [-0.4, -0.2) is 48.5 Å². The van der Waals surface area contributed by atoms with E-state index < -0.39 is 0 Å². The van der Waals surface area contributed by atoms with Crippen molar-refractivity contribution < 1.29 is 28.7 Å². The van der Waals surface area contributed by atoms with Gasteiger partial charge in [0.15, 0.2) is 0 Å². The standard InChI is InChI=1S/C32H44N2O6S2/c1-3-5-21-39-31(37)17-11-25-7-13-27(14-8-25)33-29(35)19-23-41-42-24-20-30(36)34-28-15-9-26(10-16-28)12-18-32(38)40-22-6-4-2/h7-10,13-16H,3-6,11-12,17-24H2,1-2H3,(H,33,35)(H,34,36). The number of carbonyl (C=O) groups excluding carboxylic acids is 4. The number of hydrogen-bond acceptors (Lipinski definition) is 8. The Morgan fingerprint density at radius 3 is 1.33 bits per heavy atom. The summed E-state index contributed by atoms with van der Waals surface area (Å²) < 4.78 is 10.3. The molecule has 230 valence electrons. The quantitative estimate of drug-likeness (QED) is 0.0878. The predicted molar refractivity (Wildman–Crippen MR) is 173 cm³/mol. The molecule has 0 atom stereocenters. The Morgan fingerprint density at radius 1 is 0.595 bits per heavy atom. The minimum Gasteiger partial charge on any atom is -0.466 e. The van der Waals surface area contributed by atoms with E-state index in [0.717, 1.165) is 48.2 Å². The highest BCUT2D eigenvalue weighted by atomic mass is 33.1. The van der Waals surface area contributed by atoms with Gasteiger partial charge in [-0.3, -0.25) is 19.2 Å². The number of benzene rings is 2. The molecular weight excluding hydrogens is 572 g/mol. The first-order valence-corrected chi connectivity index (χ1v) is 17.2. The number of amides is 2. The van der Waals surface area contributed by atoms with E-state index in [9.17, 15) is 19.2 Å². The van der Waals surface area contributed by atoms with E-state index in [0.29, 0.717) is 63.2 Å². The molecule has 0 aromatic heterocycles. The van der Waals surface area contributed by atoms with Crippen molar-refractivity contribution in [2.45, 2.75) is 78.1 Å². The van der Waals surface area contributed by atoms with Crippen LogP contribution in [0.4, 0.5) is 11.4 Å². The van der Waals surface area contributed by atoms with Crippen LogP contribution in [0.15, 0.2) is 48.5 Å². The average Bonchev–Trinajstić information content (AvgIpc) is 2.98. The second-order valence-corrected chi connectivity index (χ2v) is 12.5. The highest BCUT2D eigenvalue weighted by Crippen LogP contribution is 2.23. The van der Waals surface area contributed by atoms with Gasteiger partial charge in [-0.2, -0.15) is 0 Å². The number of ether oxygens (including phenoxy) is 2. The number of nitrogens with one attached hydrogen (secondary N) is 2. The van der Waals surface area contributed by atoms with Crippen LogP contribution in [-0.2, 0) is 41.5 Å². The van der Waals surface area contributed by atoms with Gasteiger partial charge in [-0.05, 0) is 61.1 Å². The fourth-order valence-corrected chi connectivity index (χ4v) is 5.62. The molecule has 2 aromatic carbocycles. The lowest BCUT2D eigenvalue weighted by atomic mass is 10.1. The smallest absolute Gasteiger partial charge is 0.306 e. The fourth-order valence-electron chi connectivity index (χ4n) is 3.64. The predicted octanol–water partition coefficient (Wildman–Crippen LogP) is 6.98. The summed E-state index contributed by atoms with van der Waals surface area (Å²) in [5, 5.41) is 5.78. The van der Waals surface area contributed by atoms with Gasteiger partial charge in [0.1, 0.15) is 0 Å². The highest BCUT2D eigenvalue weighted by Gasteiger charge is 2.08. The molecule has 0 heterocycles. The van der Waals surface area contributed by atoms with Crippen LogP contribution >= 0.6 is 21.6 Å². The van der Waals surface area contributed by atoms with Crippen LogP contribution in [0.3, 0.4) is 0 Å². The first-order valence-electron chi connectivity index (χ1n) is 14.7. The van der Waals surface area contributed by atoms with Crippen molar-refractivity contribution in [1.29, 1.82) is 0 Å². The van der Waals surface area contributed by atoms with Gasteiger partial charge in [0.25, 0.3) is 0 Å². The molecule has 8 nitrogen and oxygen atoms in total. The molecule has 10 heteroatoms. The minimum atomic E-state index is -0.183. The van der Waals surface area contributed by atoms with E-state index in [-0.39, 0.29) is 23.8 Å². The molecule has 0 fully saturated rings. The Morgan fingerprint density at radius 2 is 0.976 bits per heavy atom. The maximum absolute atomic E-state index is 12.3. The molecule has 0 aliphatic carbocycles. The van der Waals surface area contributed by atoms with Crippen LogP contribution in [0.2, 0.25) is 0 Å². The van der Waals surface area contributed by atoms with Crippen molar-refractivity contribution in [2.24, 2.45) is 0 Å². The molecule has 2 N–H and O–H groups in total. The van der Waals surface area contributed by atoms with E-state index >= 15 is 0 Å². The average molecular weight is 617 g/mol. The lowest BCUT2D eigenvalue weighted by Crippen LogP contribution is -2.12. The van der Waals surface area contributed by atoms with Gasteiger partial charge in [-0.15, -0.1) is 0 Å². The maximum atomic E-state index is 12.3. The van der Waals surface area contributed by atoms with Gasteiger partial charge in [0.2, 0.25) is 11.8 Å². The lowest BCUT2D eigenvalue weighted by Gasteiger charge is -2.08. The summed E-state index contributed by atoms with van der Waals surface area (Å²) in [6, 6.07) is 15.0. The number of carbonyl (C=O) groups is 4. The maximum Gasteiger partial charge on any atom is 0.306 e. The zero-order chi connectivity index (χ0) is 30.4. The number of anilines is 2. The summed E-state index contributed by atoms with van der Waals surface area (Å²) >= 11 is 0. The van der Waals surface area contributed by atoms with Gasteiger partial charge in [-0.1, -0.05) is 72.5 Å². The van der Waals surface area contributed by atoms with Crippen molar-refractivity contribution in [2.75, 3.05) is 35.4 Å². The molecule has 0 saturated carbocycles. The van der Waals surface area contributed by atoms with Crippen molar-refractivity contribution in [3.8, 4) is 0 Å². The second-order valence-electron chi connectivity index (χ2n) is 9.78. The Kier molecular flexibility index (Phi) is 18.2. The molecule has 0 radical (unpaired) electrons. The second kappa shape index (κ2) is 21.7. The molecular formula is C32H44N2O6S2. The van der Waals surface area contributed by atoms with E-state index in [1.54, 1.807) is 21.6 Å². The zero-order valence-corrected chi connectivity index (χ0v) is 26.4. The number of aryl methyl sites for hydroxylation is 2. The Bertz CT molecular complexity index is 1010. The van der Waals surface area contributed by atoms with Crippen molar-refractivity contribution in [3.63, 3.8) is 0 Å². The van der Waals surface area contributed by atoms with E-state index in [4.69, 9.17) is 9.47 Å². The largest absolute Gasteiger partial charge is 0.466 e. The highest BCUT2D eigenvalue weighted by molar-refractivity contribution is 8.76. The molecule has 0 bridgehead atoms. The molecule has 2 amide bonds. The summed E-state index contributed by atoms with van der Waals surface area (Å²) in [5.74, 6) is 0.790. The molecule has 2 rings (SSSR count). The Labute approximate surface area is 257 Å². The first kappa shape index (κ1) is 35.2. The monoisotopic (exact) mass is 616 g/mol. The normalized spacial score (nSPS) is 10.6. The molecule has 0 saturated heterocycles. The van der Waals surface area contributed by atoms with Gasteiger partial charge in [0, 0.05) is 48.6 Å². The van der Waals surface area contributed by atoms with E-state index in [1.165, 1.54) is 0 Å². The molecule has 42 heavy (non-hydrogen) atoms. The summed E-state index contributed by atoms with van der Waals surface area (Å²) in [4.78, 5) is 48.0. The third-order valence-corrected chi connectivity index (χ3v) is 8.55. The fraction of sp³-hybridized carbons (Fsp3) is 0.500. The van der Waals surface area contributed by atoms with Crippen LogP contribution in [0.1, 0.15) is 76.3 Å². The van der Waals surface area contributed by atoms with Crippen molar-refractivity contribution in [3.05, 3.63) is 59.7 Å². The number of unbranched alkanes of at least 4 members (excludes halogenated alkanes) is 2. The van der Waals surface area contributed by atoms with Gasteiger partial charge >= 0.3 is 11.9 Å². The number of hydrogen-bond donors (Lipinski definition) is 2. The number of rotatable bonds is 21. The van der Waals surface area contributed by atoms with Gasteiger partial charge in [0.05, 0.1) is 13.2 Å². The molecule has 0 aliphatic rings. The molecule has 2 aromatic rings. The van der Waals surface area contributed by atoms with Crippen LogP contribution < -0.4 is 10.6 Å². The van der Waals surface area contributed by atoms with Gasteiger partial charge in [-0.25, -0.2) is 0 Å². The molecule has 0 spiro atoms. The summed E-state index contributed by atoms with van der Waals surface area (Å²) in [6.07, 6.45) is 6.41. The summed E-state index contributed by atoms with van der Waals surface area (Å²) in [6.45, 7) is 5.06. The molecule has 0 aliphatic heterocycles. The van der Waals surface area contributed by atoms with Crippen molar-refractivity contribution >= 4 is 56.7 Å². The molecule has 0 unspecified atom stereocenters.